The van der Waals surface area contributed by atoms with Crippen molar-refractivity contribution in [3.8, 4) is 0 Å². The van der Waals surface area contributed by atoms with E-state index in [9.17, 15) is 18.0 Å². The van der Waals surface area contributed by atoms with Gasteiger partial charge in [-0.2, -0.15) is 0 Å². The molecule has 1 aromatic carbocycles. The molecule has 7 nitrogen and oxygen atoms in total. The monoisotopic (exact) mass is 355 g/mol. The number of nitrogens with zero attached hydrogens (tertiary/aromatic N) is 1. The van der Waals surface area contributed by atoms with Crippen LogP contribution in [0.5, 0.6) is 0 Å². The van der Waals surface area contributed by atoms with E-state index in [0.29, 0.717) is 24.9 Å². The number of aliphatic carboxylic acids is 1. The highest BCUT2D eigenvalue weighted by molar-refractivity contribution is 7.91. The minimum absolute atomic E-state index is 0.105. The topological polar surface area (TPSA) is 101 Å². The number of carboxylic acids is 1. The molecule has 2 rings (SSSR count). The zero-order valence-electron chi connectivity index (χ0n) is 13.5. The van der Waals surface area contributed by atoms with Crippen molar-refractivity contribution >= 4 is 21.7 Å². The first kappa shape index (κ1) is 18.4. The molecule has 0 saturated carbocycles. The Balaban J connectivity index is 2.10. The number of likely N-dealkylation sites (tertiary alicyclic amines) is 1. The van der Waals surface area contributed by atoms with Gasteiger partial charge in [-0.15, -0.1) is 0 Å². The molecular weight excluding hydrogens is 334 g/mol. The molecule has 0 bridgehead atoms. The molecule has 0 aromatic heterocycles. The summed E-state index contributed by atoms with van der Waals surface area (Å²) >= 11 is 0. The molecule has 8 heteroatoms. The summed E-state index contributed by atoms with van der Waals surface area (Å²) in [6, 6.07) is 5.73. The summed E-state index contributed by atoms with van der Waals surface area (Å²) in [4.78, 5) is 25.2. The Bertz CT molecular complexity index is 698. The summed E-state index contributed by atoms with van der Waals surface area (Å²) in [5, 5.41) is 9.09. The van der Waals surface area contributed by atoms with E-state index < -0.39 is 21.7 Å². The minimum Gasteiger partial charge on any atom is -0.481 e. The first-order chi connectivity index (χ1) is 11.3. The molecule has 1 atom stereocenters. The Morgan fingerprint density at radius 2 is 1.96 bits per heavy atom. The van der Waals surface area contributed by atoms with Crippen molar-refractivity contribution in [2.75, 3.05) is 32.6 Å². The lowest BCUT2D eigenvalue weighted by Gasteiger charge is -2.30. The number of rotatable bonds is 6. The molecule has 1 aromatic rings. The van der Waals surface area contributed by atoms with Crippen molar-refractivity contribution < 1.29 is 27.9 Å². The average Bonchev–Trinajstić information content (AvgIpc) is 2.59. The molecule has 1 N–H and O–H groups in total. The van der Waals surface area contributed by atoms with Crippen LogP contribution in [-0.2, 0) is 19.4 Å². The van der Waals surface area contributed by atoms with Gasteiger partial charge in [0.05, 0.1) is 23.2 Å². The minimum atomic E-state index is -3.44. The number of piperidine rings is 1. The Labute approximate surface area is 141 Å². The predicted molar refractivity (Wildman–Crippen MR) is 86.6 cm³/mol. The van der Waals surface area contributed by atoms with E-state index in [-0.39, 0.29) is 29.7 Å². The van der Waals surface area contributed by atoms with E-state index >= 15 is 0 Å². The highest BCUT2D eigenvalue weighted by Gasteiger charge is 2.28. The third-order valence-corrected chi connectivity index (χ3v) is 5.77. The van der Waals surface area contributed by atoms with Gasteiger partial charge in [-0.1, -0.05) is 0 Å². The van der Waals surface area contributed by atoms with Crippen LogP contribution in [-0.4, -0.2) is 62.9 Å². The van der Waals surface area contributed by atoms with Crippen LogP contribution < -0.4 is 0 Å². The second-order valence-corrected chi connectivity index (χ2v) is 7.87. The third-order valence-electron chi connectivity index (χ3n) is 4.07. The molecule has 0 aliphatic carbocycles. The summed E-state index contributed by atoms with van der Waals surface area (Å²) in [7, 11) is -2.01. The lowest BCUT2D eigenvalue weighted by molar-refractivity contribution is -0.143. The van der Waals surface area contributed by atoms with Gasteiger partial charge in [0.15, 0.2) is 9.84 Å². The van der Waals surface area contributed by atoms with E-state index in [1.54, 1.807) is 0 Å². The molecular formula is C16H21NO6S. The lowest BCUT2D eigenvalue weighted by Crippen LogP contribution is -2.42. The SMILES string of the molecule is COCCS(=O)(=O)c1ccc(C(=O)N2CCCC(C(=O)O)C2)cc1. The van der Waals surface area contributed by atoms with E-state index in [1.807, 2.05) is 0 Å². The number of benzene rings is 1. The van der Waals surface area contributed by atoms with E-state index in [2.05, 4.69) is 0 Å². The number of carboxylic acid groups (broad SMARTS) is 1. The summed E-state index contributed by atoms with van der Waals surface area (Å²) in [6.07, 6.45) is 1.21. The van der Waals surface area contributed by atoms with Gasteiger partial charge in [0.25, 0.3) is 5.91 Å². The smallest absolute Gasteiger partial charge is 0.308 e. The number of hydrogen-bond acceptors (Lipinski definition) is 5. The van der Waals surface area contributed by atoms with Crippen molar-refractivity contribution in [1.29, 1.82) is 0 Å². The fourth-order valence-corrected chi connectivity index (χ4v) is 3.83. The Morgan fingerprint density at radius 3 is 2.54 bits per heavy atom. The molecule has 1 fully saturated rings. The molecule has 1 aliphatic heterocycles. The summed E-state index contributed by atoms with van der Waals surface area (Å²) in [5.74, 6) is -1.84. The van der Waals surface area contributed by atoms with Crippen molar-refractivity contribution in [3.05, 3.63) is 29.8 Å². The van der Waals surface area contributed by atoms with E-state index in [1.165, 1.54) is 36.3 Å². The van der Waals surface area contributed by atoms with Crippen LogP contribution >= 0.6 is 0 Å². The maximum absolute atomic E-state index is 12.5. The van der Waals surface area contributed by atoms with Crippen molar-refractivity contribution in [2.45, 2.75) is 17.7 Å². The molecule has 1 aliphatic rings. The maximum atomic E-state index is 12.5. The average molecular weight is 355 g/mol. The van der Waals surface area contributed by atoms with Crippen LogP contribution in [0.1, 0.15) is 23.2 Å². The molecule has 132 valence electrons. The number of hydrogen-bond donors (Lipinski definition) is 1. The van der Waals surface area contributed by atoms with Crippen molar-refractivity contribution in [3.63, 3.8) is 0 Å². The highest BCUT2D eigenvalue weighted by atomic mass is 32.2. The van der Waals surface area contributed by atoms with Gasteiger partial charge in [0, 0.05) is 25.8 Å². The molecule has 1 heterocycles. The number of sulfone groups is 1. The Morgan fingerprint density at radius 1 is 1.29 bits per heavy atom. The first-order valence-corrected chi connectivity index (χ1v) is 9.34. The third kappa shape index (κ3) is 4.33. The Kier molecular flexibility index (Phi) is 5.95. The van der Waals surface area contributed by atoms with Crippen LogP contribution in [0.25, 0.3) is 0 Å². The number of carbonyl (C=O) groups is 2. The van der Waals surface area contributed by atoms with Crippen molar-refractivity contribution in [2.24, 2.45) is 5.92 Å². The highest BCUT2D eigenvalue weighted by Crippen LogP contribution is 2.20. The second kappa shape index (κ2) is 7.76. The number of methoxy groups -OCH3 is 1. The predicted octanol–water partition coefficient (Wildman–Crippen LogP) is 1.04. The summed E-state index contributed by atoms with van der Waals surface area (Å²) in [6.45, 7) is 0.798. The van der Waals surface area contributed by atoms with Gasteiger partial charge in [0.2, 0.25) is 0 Å². The standard InChI is InChI=1S/C16H21NO6S/c1-23-9-10-24(21,22)14-6-4-12(5-7-14)15(18)17-8-2-3-13(11-17)16(19)20/h4-7,13H,2-3,8-11H2,1H3,(H,19,20). The van der Waals surface area contributed by atoms with E-state index in [4.69, 9.17) is 9.84 Å². The largest absolute Gasteiger partial charge is 0.481 e. The molecule has 1 unspecified atom stereocenters. The quantitative estimate of drug-likeness (QED) is 0.818. The number of amides is 1. The maximum Gasteiger partial charge on any atom is 0.308 e. The second-order valence-electron chi connectivity index (χ2n) is 5.76. The zero-order valence-corrected chi connectivity index (χ0v) is 14.3. The Hall–Kier alpha value is -1.93. The van der Waals surface area contributed by atoms with Crippen LogP contribution in [0.15, 0.2) is 29.2 Å². The van der Waals surface area contributed by atoms with Gasteiger partial charge in [-0.3, -0.25) is 9.59 Å². The van der Waals surface area contributed by atoms with Crippen LogP contribution in [0.3, 0.4) is 0 Å². The van der Waals surface area contributed by atoms with Gasteiger partial charge < -0.3 is 14.7 Å². The van der Waals surface area contributed by atoms with E-state index in [0.717, 1.165) is 0 Å². The van der Waals surface area contributed by atoms with Crippen LogP contribution in [0, 0.1) is 5.92 Å². The normalized spacial score (nSPS) is 18.4. The lowest BCUT2D eigenvalue weighted by atomic mass is 9.97. The number of carbonyl (C=O) groups excluding carboxylic acids is 1. The van der Waals surface area contributed by atoms with Gasteiger partial charge in [0.1, 0.15) is 0 Å². The fraction of sp³-hybridized carbons (Fsp3) is 0.500. The van der Waals surface area contributed by atoms with Gasteiger partial charge >= 0.3 is 5.97 Å². The zero-order chi connectivity index (χ0) is 17.7. The molecule has 0 radical (unpaired) electrons. The number of ether oxygens (including phenoxy) is 1. The van der Waals surface area contributed by atoms with Gasteiger partial charge in [-0.25, -0.2) is 8.42 Å². The molecule has 1 amide bonds. The molecule has 1 saturated heterocycles. The van der Waals surface area contributed by atoms with Crippen molar-refractivity contribution in [1.82, 2.24) is 4.90 Å². The fourth-order valence-electron chi connectivity index (χ4n) is 2.66. The molecule has 24 heavy (non-hydrogen) atoms. The van der Waals surface area contributed by atoms with Crippen LogP contribution in [0.4, 0.5) is 0 Å². The van der Waals surface area contributed by atoms with Crippen LogP contribution in [0.2, 0.25) is 0 Å². The first-order valence-electron chi connectivity index (χ1n) is 7.69. The van der Waals surface area contributed by atoms with Gasteiger partial charge in [-0.05, 0) is 37.1 Å². The summed E-state index contributed by atoms with van der Waals surface area (Å²) in [5.41, 5.74) is 0.353. The molecule has 0 spiro atoms. The summed E-state index contributed by atoms with van der Waals surface area (Å²) < 4.78 is 28.9.